The highest BCUT2D eigenvalue weighted by atomic mass is 35.5. The van der Waals surface area contributed by atoms with Gasteiger partial charge in [-0.3, -0.25) is 9.10 Å². The van der Waals surface area contributed by atoms with Gasteiger partial charge in [-0.15, -0.1) is 0 Å². The van der Waals surface area contributed by atoms with Crippen LogP contribution in [-0.2, 0) is 24.3 Å². The molecule has 12 heteroatoms. The van der Waals surface area contributed by atoms with Gasteiger partial charge in [-0.25, -0.2) is 18.0 Å². The van der Waals surface area contributed by atoms with Crippen molar-refractivity contribution in [2.24, 2.45) is 0 Å². The molecule has 0 saturated heterocycles. The zero-order valence-electron chi connectivity index (χ0n) is 17.7. The normalized spacial score (nSPS) is 10.8. The van der Waals surface area contributed by atoms with E-state index in [0.717, 1.165) is 24.8 Å². The third-order valence-electron chi connectivity index (χ3n) is 4.17. The molecule has 172 valence electrons. The molecule has 0 saturated carbocycles. The van der Waals surface area contributed by atoms with Crippen molar-refractivity contribution in [2.45, 2.75) is 0 Å². The number of sulfonamides is 1. The zero-order chi connectivity index (χ0) is 24.1. The number of esters is 2. The first-order valence-electron chi connectivity index (χ1n) is 8.93. The van der Waals surface area contributed by atoms with Crippen LogP contribution in [0.5, 0.6) is 5.75 Å². The summed E-state index contributed by atoms with van der Waals surface area (Å²) in [5.74, 6) is -1.88. The van der Waals surface area contributed by atoms with Crippen molar-refractivity contribution in [1.82, 2.24) is 0 Å². The molecule has 2 aromatic carbocycles. The van der Waals surface area contributed by atoms with E-state index in [0.29, 0.717) is 5.75 Å². The highest BCUT2D eigenvalue weighted by molar-refractivity contribution is 7.92. The third-order valence-corrected chi connectivity index (χ3v) is 5.61. The van der Waals surface area contributed by atoms with E-state index < -0.39 is 34.4 Å². The van der Waals surface area contributed by atoms with Crippen LogP contribution in [0.4, 0.5) is 11.4 Å². The molecule has 0 unspecified atom stereocenters. The molecule has 0 heterocycles. The van der Waals surface area contributed by atoms with E-state index >= 15 is 0 Å². The van der Waals surface area contributed by atoms with Gasteiger partial charge in [0.1, 0.15) is 12.3 Å². The van der Waals surface area contributed by atoms with Crippen LogP contribution in [0.15, 0.2) is 36.4 Å². The lowest BCUT2D eigenvalue weighted by Crippen LogP contribution is -2.37. The van der Waals surface area contributed by atoms with Crippen molar-refractivity contribution >= 4 is 50.8 Å². The molecule has 10 nitrogen and oxygen atoms in total. The van der Waals surface area contributed by atoms with Gasteiger partial charge in [0.15, 0.2) is 0 Å². The molecule has 2 rings (SSSR count). The second kappa shape index (κ2) is 10.3. The molecular weight excluding hydrogens is 464 g/mol. The van der Waals surface area contributed by atoms with Gasteiger partial charge >= 0.3 is 11.9 Å². The van der Waals surface area contributed by atoms with E-state index in [9.17, 15) is 22.8 Å². The molecule has 0 aliphatic carbocycles. The van der Waals surface area contributed by atoms with Crippen LogP contribution >= 0.6 is 11.6 Å². The summed E-state index contributed by atoms with van der Waals surface area (Å²) in [7, 11) is -0.133. The maximum Gasteiger partial charge on any atom is 0.337 e. The predicted molar refractivity (Wildman–Crippen MR) is 118 cm³/mol. The summed E-state index contributed by atoms with van der Waals surface area (Å²) in [5.41, 5.74) is 0.201. The summed E-state index contributed by atoms with van der Waals surface area (Å²) >= 11 is 6.08. The molecule has 1 amide bonds. The number of hydrogen-bond acceptors (Lipinski definition) is 8. The Morgan fingerprint density at radius 3 is 1.97 bits per heavy atom. The molecule has 0 radical (unpaired) electrons. The second-order valence-electron chi connectivity index (χ2n) is 6.42. The number of amides is 1. The van der Waals surface area contributed by atoms with Crippen LogP contribution in [-0.4, -0.2) is 60.4 Å². The van der Waals surface area contributed by atoms with E-state index in [1.807, 2.05) is 0 Å². The van der Waals surface area contributed by atoms with Crippen LogP contribution < -0.4 is 14.4 Å². The van der Waals surface area contributed by atoms with E-state index in [-0.39, 0.29) is 27.5 Å². The number of rotatable bonds is 8. The van der Waals surface area contributed by atoms with Gasteiger partial charge in [0, 0.05) is 5.69 Å². The van der Waals surface area contributed by atoms with Gasteiger partial charge < -0.3 is 19.5 Å². The largest absolute Gasteiger partial charge is 0.495 e. The minimum absolute atomic E-state index is 0.00685. The highest BCUT2D eigenvalue weighted by Crippen LogP contribution is 2.30. The number of hydrogen-bond donors (Lipinski definition) is 1. The molecule has 1 N–H and O–H groups in total. The molecule has 2 aromatic rings. The second-order valence-corrected chi connectivity index (χ2v) is 8.73. The predicted octanol–water partition coefficient (Wildman–Crippen LogP) is 2.33. The molecule has 0 aromatic heterocycles. The Labute approximate surface area is 190 Å². The van der Waals surface area contributed by atoms with Gasteiger partial charge in [0.2, 0.25) is 15.9 Å². The van der Waals surface area contributed by atoms with Gasteiger partial charge in [-0.05, 0) is 36.4 Å². The number of methoxy groups -OCH3 is 3. The number of carbonyl (C=O) groups is 3. The summed E-state index contributed by atoms with van der Waals surface area (Å²) in [6, 6.07) is 8.07. The van der Waals surface area contributed by atoms with Crippen LogP contribution in [0.25, 0.3) is 0 Å². The SMILES string of the molecule is COC(=O)c1cc(NC(=O)CN(c2ccc(OC)c(Cl)c2)S(C)(=O)=O)cc(C(=O)OC)c1. The number of ether oxygens (including phenoxy) is 3. The Kier molecular flexibility index (Phi) is 8.06. The van der Waals surface area contributed by atoms with Crippen LogP contribution in [0.1, 0.15) is 20.7 Å². The monoisotopic (exact) mass is 484 g/mol. The smallest absolute Gasteiger partial charge is 0.337 e. The first kappa shape index (κ1) is 25.0. The summed E-state index contributed by atoms with van der Waals surface area (Å²) in [5, 5.41) is 2.63. The Hall–Kier alpha value is -3.31. The molecule has 0 spiro atoms. The Morgan fingerprint density at radius 1 is 0.969 bits per heavy atom. The number of carbonyl (C=O) groups excluding carboxylic acids is 3. The summed E-state index contributed by atoms with van der Waals surface area (Å²) in [6.07, 6.45) is 0.936. The minimum Gasteiger partial charge on any atom is -0.495 e. The standard InChI is InChI=1S/C20H21ClN2O8S/c1-29-17-6-5-15(10-16(17)21)23(32(4,27)28)11-18(24)22-14-8-12(19(25)30-2)7-13(9-14)20(26)31-3/h5-10H,11H2,1-4H3,(H,22,24). The molecule has 0 bridgehead atoms. The maximum absolute atomic E-state index is 12.6. The fourth-order valence-electron chi connectivity index (χ4n) is 2.71. The van der Waals surface area contributed by atoms with Gasteiger partial charge in [-0.1, -0.05) is 11.6 Å². The first-order valence-corrected chi connectivity index (χ1v) is 11.2. The third kappa shape index (κ3) is 6.11. The zero-order valence-corrected chi connectivity index (χ0v) is 19.2. The minimum atomic E-state index is -3.87. The van der Waals surface area contributed by atoms with Crippen molar-refractivity contribution in [3.05, 3.63) is 52.5 Å². The van der Waals surface area contributed by atoms with Crippen LogP contribution in [0.2, 0.25) is 5.02 Å². The quantitative estimate of drug-likeness (QED) is 0.565. The van der Waals surface area contributed by atoms with E-state index in [1.54, 1.807) is 0 Å². The average molecular weight is 485 g/mol. The first-order chi connectivity index (χ1) is 15.0. The number of nitrogens with zero attached hydrogens (tertiary/aromatic N) is 1. The van der Waals surface area contributed by atoms with Crippen molar-refractivity contribution in [2.75, 3.05) is 43.8 Å². The van der Waals surface area contributed by atoms with E-state index in [4.69, 9.17) is 16.3 Å². The Morgan fingerprint density at radius 2 is 1.53 bits per heavy atom. The maximum atomic E-state index is 12.6. The lowest BCUT2D eigenvalue weighted by atomic mass is 10.1. The fraction of sp³-hybridized carbons (Fsp3) is 0.250. The molecule has 0 atom stereocenters. The molecular formula is C20H21ClN2O8S. The average Bonchev–Trinajstić information content (AvgIpc) is 2.75. The van der Waals surface area contributed by atoms with Gasteiger partial charge in [-0.2, -0.15) is 0 Å². The molecule has 0 aliphatic heterocycles. The molecule has 0 fully saturated rings. The van der Waals surface area contributed by atoms with Crippen molar-refractivity contribution in [3.63, 3.8) is 0 Å². The highest BCUT2D eigenvalue weighted by Gasteiger charge is 2.23. The van der Waals surface area contributed by atoms with Crippen LogP contribution in [0, 0.1) is 0 Å². The summed E-state index contributed by atoms with van der Waals surface area (Å²) in [4.78, 5) is 36.4. The van der Waals surface area contributed by atoms with E-state index in [1.165, 1.54) is 43.5 Å². The molecule has 0 aliphatic rings. The lowest BCUT2D eigenvalue weighted by molar-refractivity contribution is -0.114. The number of benzene rings is 2. The van der Waals surface area contributed by atoms with E-state index in [2.05, 4.69) is 14.8 Å². The number of nitrogens with one attached hydrogen (secondary N) is 1. The topological polar surface area (TPSA) is 128 Å². The van der Waals surface area contributed by atoms with Crippen LogP contribution in [0.3, 0.4) is 0 Å². The summed E-state index contributed by atoms with van der Waals surface area (Å²) < 4.78 is 39.8. The Bertz CT molecular complexity index is 1120. The lowest BCUT2D eigenvalue weighted by Gasteiger charge is -2.22. The Balaban J connectivity index is 2.35. The van der Waals surface area contributed by atoms with Gasteiger partial charge in [0.05, 0.1) is 49.4 Å². The molecule has 32 heavy (non-hydrogen) atoms. The van der Waals surface area contributed by atoms with Crippen molar-refractivity contribution in [1.29, 1.82) is 0 Å². The number of anilines is 2. The van der Waals surface area contributed by atoms with Crippen molar-refractivity contribution in [3.8, 4) is 5.75 Å². The summed E-state index contributed by atoms with van der Waals surface area (Å²) in [6.45, 7) is -0.600. The van der Waals surface area contributed by atoms with Crippen molar-refractivity contribution < 1.29 is 37.0 Å². The number of halogens is 1. The van der Waals surface area contributed by atoms with Gasteiger partial charge in [0.25, 0.3) is 0 Å². The fourth-order valence-corrected chi connectivity index (χ4v) is 3.81.